The van der Waals surface area contributed by atoms with Crippen LogP contribution in [0.25, 0.3) is 0 Å². The Kier molecular flexibility index (Phi) is 7.88. The Balaban J connectivity index is 2.92. The van der Waals surface area contributed by atoms with E-state index in [-0.39, 0.29) is 0 Å². The van der Waals surface area contributed by atoms with Crippen LogP contribution >= 0.6 is 0 Å². The Morgan fingerprint density at radius 2 is 0.600 bits per heavy atom. The summed E-state index contributed by atoms with van der Waals surface area (Å²) in [6.45, 7) is 1.53. The molecule has 40 heavy (non-hydrogen) atoms. The van der Waals surface area contributed by atoms with Gasteiger partial charge in [0.25, 0.3) is 12.3 Å². The summed E-state index contributed by atoms with van der Waals surface area (Å²) < 4.78 is 222. The fourth-order valence-electron chi connectivity index (χ4n) is 3.86. The summed E-state index contributed by atoms with van der Waals surface area (Å²) in [4.78, 5) is 12.5. The van der Waals surface area contributed by atoms with Crippen LogP contribution in [-0.2, 0) is 9.45 Å². The highest BCUT2D eigenvalue weighted by molar-refractivity contribution is 7.08. The molecular weight excluding hydrogens is 592 g/mol. The van der Waals surface area contributed by atoms with Crippen molar-refractivity contribution >= 4 is 28.7 Å². The van der Waals surface area contributed by atoms with Gasteiger partial charge in [-0.15, -0.1) is 0 Å². The number of carbonyl (C=O) groups is 1. The third-order valence-corrected chi connectivity index (χ3v) is 5.72. The molecule has 0 N–H and O–H groups in total. The quantitative estimate of drug-likeness (QED) is 0.180. The van der Waals surface area contributed by atoms with Gasteiger partial charge in [-0.05, 0) is 0 Å². The first-order chi connectivity index (χ1) is 18.4. The van der Waals surface area contributed by atoms with Gasteiger partial charge < -0.3 is 4.65 Å². The van der Waals surface area contributed by atoms with Crippen LogP contribution < -0.4 is 16.4 Å². The molecule has 0 aliphatic carbocycles. The van der Waals surface area contributed by atoms with Crippen molar-refractivity contribution in [1.29, 1.82) is 0 Å². The molecule has 0 fully saturated rings. The van der Waals surface area contributed by atoms with E-state index in [0.29, 0.717) is 0 Å². The van der Waals surface area contributed by atoms with Crippen LogP contribution in [0, 0.1) is 93.2 Å². The van der Waals surface area contributed by atoms with Gasteiger partial charge in [0.2, 0.25) is 0 Å². The zero-order chi connectivity index (χ0) is 30.8. The number of hydrogen-bond acceptors (Lipinski definition) is 2. The van der Waals surface area contributed by atoms with E-state index in [0.717, 1.165) is 13.8 Å². The molecule has 0 heterocycles. The second kappa shape index (κ2) is 10.3. The van der Waals surface area contributed by atoms with E-state index in [4.69, 9.17) is 0 Å². The SMILES string of the molecule is CC(C)C(=O)O[B-](c1c(F)c(F)c(F)c(F)c1F)(c1c(F)c(F)c(F)c(F)c1F)c1c(F)c(F)c(F)c(F)c1F. The molecular formula is C22H7BF15O2-. The van der Waals surface area contributed by atoms with Crippen molar-refractivity contribution in [2.75, 3.05) is 0 Å². The Bertz CT molecular complexity index is 1330. The average molecular weight is 599 g/mol. The van der Waals surface area contributed by atoms with E-state index in [9.17, 15) is 44.3 Å². The molecule has 0 saturated heterocycles. The molecule has 0 aromatic heterocycles. The zero-order valence-electron chi connectivity index (χ0n) is 19.1. The summed E-state index contributed by atoms with van der Waals surface area (Å²) in [6.07, 6.45) is -6.34. The fraction of sp³-hybridized carbons (Fsp3) is 0.136. The summed E-state index contributed by atoms with van der Waals surface area (Å²) in [5.41, 5.74) is -9.05. The Hall–Kier alpha value is -3.86. The smallest absolute Gasteiger partial charge is 0.268 e. The maximum absolute atomic E-state index is 15.1. The van der Waals surface area contributed by atoms with E-state index >= 15 is 26.3 Å². The van der Waals surface area contributed by atoms with Crippen LogP contribution in [0.15, 0.2) is 0 Å². The van der Waals surface area contributed by atoms with Crippen molar-refractivity contribution in [3.8, 4) is 0 Å². The second-order valence-electron chi connectivity index (χ2n) is 8.33. The molecule has 3 aromatic rings. The van der Waals surface area contributed by atoms with Gasteiger partial charge in [0.1, 0.15) is 34.9 Å². The largest absolute Gasteiger partial charge is 0.676 e. The van der Waals surface area contributed by atoms with Gasteiger partial charge in [0.15, 0.2) is 52.4 Å². The topological polar surface area (TPSA) is 26.3 Å². The number of benzene rings is 3. The van der Waals surface area contributed by atoms with Crippen LogP contribution in [0.1, 0.15) is 13.8 Å². The van der Waals surface area contributed by atoms with E-state index in [1.165, 1.54) is 0 Å². The Labute approximate surface area is 211 Å². The summed E-state index contributed by atoms with van der Waals surface area (Å²) in [7, 11) is 0. The first-order valence-corrected chi connectivity index (χ1v) is 10.3. The van der Waals surface area contributed by atoms with Gasteiger partial charge in [-0.25, -0.2) is 65.9 Å². The van der Waals surface area contributed by atoms with Crippen molar-refractivity contribution in [2.45, 2.75) is 13.8 Å². The molecule has 18 heteroatoms. The van der Waals surface area contributed by atoms with Crippen molar-refractivity contribution < 1.29 is 75.3 Å². The van der Waals surface area contributed by atoms with Crippen LogP contribution in [-0.4, -0.2) is 12.3 Å². The number of rotatable bonds is 5. The lowest BCUT2D eigenvalue weighted by atomic mass is 9.27. The minimum atomic E-state index is -6.34. The maximum Gasteiger partial charge on any atom is 0.268 e. The van der Waals surface area contributed by atoms with E-state index in [2.05, 4.69) is 4.65 Å². The molecule has 3 rings (SSSR count). The van der Waals surface area contributed by atoms with Gasteiger partial charge in [-0.1, -0.05) is 30.2 Å². The third-order valence-electron chi connectivity index (χ3n) is 5.72. The molecule has 0 saturated carbocycles. The van der Waals surface area contributed by atoms with Crippen LogP contribution in [0.2, 0.25) is 0 Å². The summed E-state index contributed by atoms with van der Waals surface area (Å²) in [5, 5.41) is 0. The molecule has 0 aliphatic rings. The molecule has 0 unspecified atom stereocenters. The Morgan fingerprint density at radius 3 is 0.775 bits per heavy atom. The Morgan fingerprint density at radius 1 is 0.425 bits per heavy atom. The summed E-state index contributed by atoms with van der Waals surface area (Å²) >= 11 is 0. The van der Waals surface area contributed by atoms with E-state index in [1.54, 1.807) is 0 Å². The minimum Gasteiger partial charge on any atom is -0.676 e. The molecule has 0 bridgehead atoms. The maximum atomic E-state index is 15.1. The van der Waals surface area contributed by atoms with Gasteiger partial charge in [0, 0.05) is 5.92 Å². The monoisotopic (exact) mass is 599 g/mol. The van der Waals surface area contributed by atoms with Crippen molar-refractivity contribution in [3.63, 3.8) is 0 Å². The normalized spacial score (nSPS) is 11.9. The lowest BCUT2D eigenvalue weighted by Crippen LogP contribution is -2.75. The standard InChI is InChI=1S/C22H7BF15O2/c1-3(2)22(39)40-23(4-7(24)13(30)19(36)14(31)8(4)25,5-9(26)15(32)20(37)16(33)10(5)27)6-11(28)17(34)21(38)18(35)12(6)29/h3H,1-2H3/q-1. The zero-order valence-corrected chi connectivity index (χ0v) is 19.1. The van der Waals surface area contributed by atoms with Gasteiger partial charge in [0.05, 0.1) is 0 Å². The van der Waals surface area contributed by atoms with Gasteiger partial charge in [-0.2, -0.15) is 0 Å². The first-order valence-electron chi connectivity index (χ1n) is 10.3. The molecule has 3 aromatic carbocycles. The van der Waals surface area contributed by atoms with Gasteiger partial charge >= 0.3 is 0 Å². The molecule has 0 spiro atoms. The highest BCUT2D eigenvalue weighted by Gasteiger charge is 2.51. The molecule has 0 aliphatic heterocycles. The van der Waals surface area contributed by atoms with Crippen LogP contribution in [0.4, 0.5) is 65.9 Å². The first kappa shape index (κ1) is 30.7. The highest BCUT2D eigenvalue weighted by atomic mass is 19.2. The van der Waals surface area contributed by atoms with Crippen LogP contribution in [0.3, 0.4) is 0 Å². The van der Waals surface area contributed by atoms with Crippen molar-refractivity contribution in [3.05, 3.63) is 87.3 Å². The number of hydrogen-bond donors (Lipinski definition) is 0. The van der Waals surface area contributed by atoms with E-state index in [1.807, 2.05) is 0 Å². The van der Waals surface area contributed by atoms with Gasteiger partial charge in [-0.3, -0.25) is 4.79 Å². The molecule has 0 atom stereocenters. The fourth-order valence-corrected chi connectivity index (χ4v) is 3.86. The molecule has 216 valence electrons. The molecule has 0 radical (unpaired) electrons. The van der Waals surface area contributed by atoms with E-state index < -0.39 is 122 Å². The molecule has 0 amide bonds. The minimum absolute atomic E-state index is 0.763. The average Bonchev–Trinajstić information content (AvgIpc) is 2.90. The molecule has 2 nitrogen and oxygen atoms in total. The lowest BCUT2D eigenvalue weighted by Gasteiger charge is -2.44. The predicted octanol–water partition coefficient (Wildman–Crippen LogP) is 4.94. The summed E-state index contributed by atoms with van der Waals surface area (Å²) in [6, 6.07) is 0. The third kappa shape index (κ3) is 4.14. The number of carbonyl (C=O) groups excluding carboxylic acids is 1. The van der Waals surface area contributed by atoms with Crippen LogP contribution in [0.5, 0.6) is 0 Å². The second-order valence-corrected chi connectivity index (χ2v) is 8.33. The highest BCUT2D eigenvalue weighted by Crippen LogP contribution is 2.29. The predicted molar refractivity (Wildman–Crippen MR) is 104 cm³/mol. The summed E-state index contributed by atoms with van der Waals surface area (Å²) in [5.74, 6) is -51.9. The van der Waals surface area contributed by atoms with Crippen molar-refractivity contribution in [1.82, 2.24) is 0 Å². The van der Waals surface area contributed by atoms with Crippen molar-refractivity contribution in [2.24, 2.45) is 5.92 Å². The number of halogens is 15. The lowest BCUT2D eigenvalue weighted by molar-refractivity contribution is -0.138.